The molecule has 5 nitrogen and oxygen atoms in total. The van der Waals surface area contributed by atoms with Crippen LogP contribution < -0.4 is 10.1 Å². The van der Waals surface area contributed by atoms with Gasteiger partial charge in [-0.25, -0.2) is 0 Å². The Labute approximate surface area is 157 Å². The molecule has 0 radical (unpaired) electrons. The number of carbonyl (C=O) groups is 1. The molecule has 1 aromatic heterocycles. The first kappa shape index (κ1) is 19.7. The van der Waals surface area contributed by atoms with Gasteiger partial charge in [-0.05, 0) is 36.5 Å². The van der Waals surface area contributed by atoms with Crippen LogP contribution in [0.25, 0.3) is 0 Å². The lowest BCUT2D eigenvalue weighted by Crippen LogP contribution is -2.30. The summed E-state index contributed by atoms with van der Waals surface area (Å²) in [6.45, 7) is 10.3. The van der Waals surface area contributed by atoms with Crippen LogP contribution >= 0.6 is 23.1 Å². The van der Waals surface area contributed by atoms with Gasteiger partial charge < -0.3 is 4.74 Å². The number of benzene rings is 1. The van der Waals surface area contributed by atoms with Crippen molar-refractivity contribution in [3.63, 3.8) is 0 Å². The molecule has 0 spiro atoms. The van der Waals surface area contributed by atoms with Crippen LogP contribution in [0, 0.1) is 0 Å². The Balaban J connectivity index is 1.90. The predicted molar refractivity (Wildman–Crippen MR) is 105 cm³/mol. The van der Waals surface area contributed by atoms with E-state index in [2.05, 4.69) is 43.2 Å². The number of nitrogens with zero attached hydrogens (tertiary/aromatic N) is 2. The summed E-state index contributed by atoms with van der Waals surface area (Å²) >= 11 is 3.03. The van der Waals surface area contributed by atoms with Crippen molar-refractivity contribution in [2.75, 3.05) is 11.1 Å². The minimum absolute atomic E-state index is 0.0901. The number of aromatic nitrogens is 2. The maximum Gasteiger partial charge on any atom is 0.266 e. The molecule has 2 rings (SSSR count). The van der Waals surface area contributed by atoms with E-state index >= 15 is 0 Å². The summed E-state index contributed by atoms with van der Waals surface area (Å²) in [7, 11) is 0. The average molecular weight is 380 g/mol. The molecule has 0 saturated heterocycles. The van der Waals surface area contributed by atoms with Gasteiger partial charge in [0, 0.05) is 5.75 Å². The molecule has 0 bridgehead atoms. The smallest absolute Gasteiger partial charge is 0.266 e. The van der Waals surface area contributed by atoms with E-state index in [0.717, 1.165) is 16.5 Å². The molecular formula is C18H25N3O2S2. The summed E-state index contributed by atoms with van der Waals surface area (Å²) < 4.78 is 6.59. The fourth-order valence-corrected chi connectivity index (χ4v) is 3.69. The standard InChI is InChI=1S/C18H25N3O2S2/c1-6-11-24-17-21-20-16(25-17)19-15(22)12(2)23-14-9-7-13(8-10-14)18(3,4)5/h7-10,12H,6,11H2,1-5H3,(H,19,20,22)/t12-/m1/s1. The molecule has 0 aliphatic rings. The molecule has 2 aromatic rings. The zero-order chi connectivity index (χ0) is 18.4. The van der Waals surface area contributed by atoms with E-state index in [0.29, 0.717) is 10.9 Å². The van der Waals surface area contributed by atoms with E-state index < -0.39 is 6.10 Å². The topological polar surface area (TPSA) is 64.1 Å². The van der Waals surface area contributed by atoms with E-state index in [4.69, 9.17) is 4.74 Å². The number of amides is 1. The number of thioether (sulfide) groups is 1. The Morgan fingerprint density at radius 1 is 1.28 bits per heavy atom. The van der Waals surface area contributed by atoms with Gasteiger partial charge in [0.2, 0.25) is 5.13 Å². The third kappa shape index (κ3) is 6.01. The van der Waals surface area contributed by atoms with Crippen molar-refractivity contribution < 1.29 is 9.53 Å². The van der Waals surface area contributed by atoms with E-state index in [1.807, 2.05) is 24.3 Å². The summed E-state index contributed by atoms with van der Waals surface area (Å²) in [5, 5.41) is 11.3. The van der Waals surface area contributed by atoms with Crippen molar-refractivity contribution in [3.8, 4) is 5.75 Å². The van der Waals surface area contributed by atoms with Crippen molar-refractivity contribution in [2.45, 2.75) is 56.9 Å². The first-order valence-corrected chi connectivity index (χ1v) is 10.1. The summed E-state index contributed by atoms with van der Waals surface area (Å²) in [6, 6.07) is 7.85. The SMILES string of the molecule is CCCSc1nnc(NC(=O)[C@@H](C)Oc2ccc(C(C)(C)C)cc2)s1. The molecule has 1 amide bonds. The zero-order valence-electron chi connectivity index (χ0n) is 15.3. The van der Waals surface area contributed by atoms with Crippen LogP contribution in [0.4, 0.5) is 5.13 Å². The second kappa shape index (κ2) is 8.67. The molecular weight excluding hydrogens is 354 g/mol. The summed E-state index contributed by atoms with van der Waals surface area (Å²) in [5.74, 6) is 1.43. The second-order valence-corrected chi connectivity index (χ2v) is 9.06. The van der Waals surface area contributed by atoms with Crippen molar-refractivity contribution in [1.82, 2.24) is 10.2 Å². The first-order chi connectivity index (χ1) is 11.8. The van der Waals surface area contributed by atoms with Crippen LogP contribution in [0.15, 0.2) is 28.6 Å². The Kier molecular flexibility index (Phi) is 6.84. The molecule has 7 heteroatoms. The van der Waals surface area contributed by atoms with Crippen LogP contribution in [0.5, 0.6) is 5.75 Å². The molecule has 1 atom stereocenters. The molecule has 1 aromatic carbocycles. The largest absolute Gasteiger partial charge is 0.481 e. The van der Waals surface area contributed by atoms with Crippen molar-refractivity contribution in [3.05, 3.63) is 29.8 Å². The van der Waals surface area contributed by atoms with Gasteiger partial charge in [-0.1, -0.05) is 62.9 Å². The van der Waals surface area contributed by atoms with Gasteiger partial charge in [0.05, 0.1) is 0 Å². The predicted octanol–water partition coefficient (Wildman–Crippen LogP) is 4.74. The fourth-order valence-electron chi connectivity index (χ4n) is 2.01. The Hall–Kier alpha value is -1.60. The quantitative estimate of drug-likeness (QED) is 0.556. The number of ether oxygens (including phenoxy) is 1. The number of hydrogen-bond acceptors (Lipinski definition) is 6. The highest BCUT2D eigenvalue weighted by Gasteiger charge is 2.18. The lowest BCUT2D eigenvalue weighted by molar-refractivity contribution is -0.122. The van der Waals surface area contributed by atoms with Crippen LogP contribution in [0.1, 0.15) is 46.6 Å². The number of carbonyl (C=O) groups excluding carboxylic acids is 1. The Bertz CT molecular complexity index is 693. The molecule has 1 heterocycles. The second-order valence-electron chi connectivity index (χ2n) is 6.75. The van der Waals surface area contributed by atoms with Gasteiger partial charge in [-0.2, -0.15) is 0 Å². The Morgan fingerprint density at radius 3 is 2.56 bits per heavy atom. The highest BCUT2D eigenvalue weighted by atomic mass is 32.2. The van der Waals surface area contributed by atoms with Crippen LogP contribution in [-0.4, -0.2) is 28.0 Å². The number of rotatable bonds is 7. The summed E-state index contributed by atoms with van der Waals surface area (Å²) in [6.07, 6.45) is 0.460. The van der Waals surface area contributed by atoms with Crippen LogP contribution in [0.2, 0.25) is 0 Å². The molecule has 1 N–H and O–H groups in total. The van der Waals surface area contributed by atoms with E-state index in [1.54, 1.807) is 18.7 Å². The van der Waals surface area contributed by atoms with E-state index in [1.165, 1.54) is 16.9 Å². The molecule has 0 aliphatic carbocycles. The number of nitrogens with one attached hydrogen (secondary N) is 1. The van der Waals surface area contributed by atoms with Gasteiger partial charge in [-0.3, -0.25) is 10.1 Å². The first-order valence-electron chi connectivity index (χ1n) is 8.34. The summed E-state index contributed by atoms with van der Waals surface area (Å²) in [4.78, 5) is 12.3. The lowest BCUT2D eigenvalue weighted by Gasteiger charge is -2.20. The van der Waals surface area contributed by atoms with Gasteiger partial charge in [0.25, 0.3) is 5.91 Å². The van der Waals surface area contributed by atoms with E-state index in [9.17, 15) is 4.79 Å². The maximum absolute atomic E-state index is 12.3. The minimum atomic E-state index is -0.615. The van der Waals surface area contributed by atoms with Crippen LogP contribution in [-0.2, 0) is 10.2 Å². The average Bonchev–Trinajstić information content (AvgIpc) is 3.00. The third-order valence-corrected chi connectivity index (χ3v) is 5.65. The zero-order valence-corrected chi connectivity index (χ0v) is 17.0. The van der Waals surface area contributed by atoms with Crippen LogP contribution in [0.3, 0.4) is 0 Å². The molecule has 0 saturated carbocycles. The normalized spacial score (nSPS) is 12.7. The third-order valence-electron chi connectivity index (χ3n) is 3.47. The highest BCUT2D eigenvalue weighted by Crippen LogP contribution is 2.27. The molecule has 0 aliphatic heterocycles. The molecule has 0 unspecified atom stereocenters. The van der Waals surface area contributed by atoms with E-state index in [-0.39, 0.29) is 11.3 Å². The van der Waals surface area contributed by atoms with Gasteiger partial charge in [0.1, 0.15) is 5.75 Å². The van der Waals surface area contributed by atoms with Crippen molar-refractivity contribution in [1.29, 1.82) is 0 Å². The lowest BCUT2D eigenvalue weighted by atomic mass is 9.87. The minimum Gasteiger partial charge on any atom is -0.481 e. The van der Waals surface area contributed by atoms with Gasteiger partial charge >= 0.3 is 0 Å². The number of hydrogen-bond donors (Lipinski definition) is 1. The monoisotopic (exact) mass is 379 g/mol. The fraction of sp³-hybridized carbons (Fsp3) is 0.500. The molecule has 136 valence electrons. The number of anilines is 1. The highest BCUT2D eigenvalue weighted by molar-refractivity contribution is 8.01. The van der Waals surface area contributed by atoms with Crippen molar-refractivity contribution >= 4 is 34.1 Å². The maximum atomic E-state index is 12.3. The summed E-state index contributed by atoms with van der Waals surface area (Å²) in [5.41, 5.74) is 1.32. The molecule has 0 fully saturated rings. The Morgan fingerprint density at radius 2 is 1.96 bits per heavy atom. The molecule has 25 heavy (non-hydrogen) atoms. The van der Waals surface area contributed by atoms with Gasteiger partial charge in [-0.15, -0.1) is 10.2 Å². The van der Waals surface area contributed by atoms with Gasteiger partial charge in [0.15, 0.2) is 10.4 Å². The van der Waals surface area contributed by atoms with Crippen molar-refractivity contribution in [2.24, 2.45) is 0 Å².